The van der Waals surface area contributed by atoms with Crippen LogP contribution in [0.4, 0.5) is 0 Å². The Morgan fingerprint density at radius 1 is 1.21 bits per heavy atom. The Balaban J connectivity index is 1.62. The standard InChI is InChI=1S/C19H23N3O2/c20-13-17-6-2-4-12-22(17)19(23)15-7-9-18(10-8-15)24-14-16-5-1-3-11-21-16/h1,3,5,7-11,17H,2,4,6,12-14,20H2/t17-/m1/s1. The van der Waals surface area contributed by atoms with Crippen LogP contribution in [0, 0.1) is 0 Å². The number of hydrogen-bond acceptors (Lipinski definition) is 4. The van der Waals surface area contributed by atoms with Crippen LogP contribution in [-0.4, -0.2) is 34.9 Å². The fourth-order valence-electron chi connectivity index (χ4n) is 3.01. The van der Waals surface area contributed by atoms with Crippen LogP contribution in [0.5, 0.6) is 5.75 Å². The highest BCUT2D eigenvalue weighted by atomic mass is 16.5. The monoisotopic (exact) mass is 325 g/mol. The Morgan fingerprint density at radius 2 is 2.04 bits per heavy atom. The van der Waals surface area contributed by atoms with Crippen molar-refractivity contribution in [1.29, 1.82) is 0 Å². The maximum Gasteiger partial charge on any atom is 0.254 e. The van der Waals surface area contributed by atoms with Gasteiger partial charge >= 0.3 is 0 Å². The molecule has 0 aliphatic carbocycles. The molecule has 0 spiro atoms. The first-order chi connectivity index (χ1) is 11.8. The summed E-state index contributed by atoms with van der Waals surface area (Å²) in [4.78, 5) is 18.8. The Bertz CT molecular complexity index is 658. The van der Waals surface area contributed by atoms with Crippen LogP contribution in [0.25, 0.3) is 0 Å². The summed E-state index contributed by atoms with van der Waals surface area (Å²) in [6, 6.07) is 13.2. The fraction of sp³-hybridized carbons (Fsp3) is 0.368. The van der Waals surface area contributed by atoms with E-state index in [1.54, 1.807) is 6.20 Å². The van der Waals surface area contributed by atoms with Gasteiger partial charge in [0.2, 0.25) is 0 Å². The summed E-state index contributed by atoms with van der Waals surface area (Å²) in [5.41, 5.74) is 7.36. The first-order valence-corrected chi connectivity index (χ1v) is 8.42. The topological polar surface area (TPSA) is 68.5 Å². The van der Waals surface area contributed by atoms with Gasteiger partial charge in [-0.25, -0.2) is 0 Å². The van der Waals surface area contributed by atoms with E-state index in [9.17, 15) is 4.79 Å². The molecule has 2 aromatic rings. The van der Waals surface area contributed by atoms with E-state index < -0.39 is 0 Å². The van der Waals surface area contributed by atoms with Crippen molar-refractivity contribution < 1.29 is 9.53 Å². The summed E-state index contributed by atoms with van der Waals surface area (Å²) in [7, 11) is 0. The summed E-state index contributed by atoms with van der Waals surface area (Å²) in [5, 5.41) is 0. The number of nitrogens with zero attached hydrogens (tertiary/aromatic N) is 2. The zero-order chi connectivity index (χ0) is 16.8. The number of amides is 1. The predicted octanol–water partition coefficient (Wildman–Crippen LogP) is 2.61. The van der Waals surface area contributed by atoms with Crippen molar-refractivity contribution >= 4 is 5.91 Å². The number of carbonyl (C=O) groups is 1. The van der Waals surface area contributed by atoms with Gasteiger partial charge in [-0.1, -0.05) is 6.07 Å². The molecule has 1 aliphatic heterocycles. The van der Waals surface area contributed by atoms with Crippen LogP contribution in [-0.2, 0) is 6.61 Å². The van der Waals surface area contributed by atoms with Crippen LogP contribution in [0.3, 0.4) is 0 Å². The third kappa shape index (κ3) is 3.92. The molecule has 1 saturated heterocycles. The number of aromatic nitrogens is 1. The molecule has 1 aromatic heterocycles. The summed E-state index contributed by atoms with van der Waals surface area (Å²) < 4.78 is 5.71. The zero-order valence-corrected chi connectivity index (χ0v) is 13.7. The SMILES string of the molecule is NC[C@H]1CCCCN1C(=O)c1ccc(OCc2ccccn2)cc1. The first kappa shape index (κ1) is 16.5. The second-order valence-corrected chi connectivity index (χ2v) is 6.02. The molecule has 2 heterocycles. The van der Waals surface area contributed by atoms with Gasteiger partial charge in [-0.05, 0) is 55.7 Å². The minimum absolute atomic E-state index is 0.0569. The number of carbonyl (C=O) groups excluding carboxylic acids is 1. The maximum atomic E-state index is 12.7. The molecular weight excluding hydrogens is 302 g/mol. The first-order valence-electron chi connectivity index (χ1n) is 8.42. The van der Waals surface area contributed by atoms with Gasteiger partial charge in [0.15, 0.2) is 0 Å². The number of pyridine rings is 1. The molecular formula is C19H23N3O2. The second kappa shape index (κ2) is 7.93. The van der Waals surface area contributed by atoms with E-state index in [1.165, 1.54) is 0 Å². The lowest BCUT2D eigenvalue weighted by Gasteiger charge is -2.35. The zero-order valence-electron chi connectivity index (χ0n) is 13.7. The summed E-state index contributed by atoms with van der Waals surface area (Å²) in [6.07, 6.45) is 4.93. The van der Waals surface area contributed by atoms with Gasteiger partial charge in [-0.15, -0.1) is 0 Å². The minimum atomic E-state index is 0.0569. The molecule has 24 heavy (non-hydrogen) atoms. The molecule has 5 nitrogen and oxygen atoms in total. The highest BCUT2D eigenvalue weighted by Gasteiger charge is 2.26. The number of benzene rings is 1. The van der Waals surface area contributed by atoms with E-state index in [2.05, 4.69) is 4.98 Å². The maximum absolute atomic E-state index is 12.7. The smallest absolute Gasteiger partial charge is 0.254 e. The number of likely N-dealkylation sites (tertiary alicyclic amines) is 1. The van der Waals surface area contributed by atoms with Crippen molar-refractivity contribution in [3.8, 4) is 5.75 Å². The molecule has 126 valence electrons. The molecule has 1 amide bonds. The van der Waals surface area contributed by atoms with Crippen LogP contribution >= 0.6 is 0 Å². The van der Waals surface area contributed by atoms with Crippen molar-refractivity contribution in [3.63, 3.8) is 0 Å². The van der Waals surface area contributed by atoms with Crippen LogP contribution in [0.2, 0.25) is 0 Å². The molecule has 0 unspecified atom stereocenters. The van der Waals surface area contributed by atoms with Crippen molar-refractivity contribution in [2.75, 3.05) is 13.1 Å². The van der Waals surface area contributed by atoms with E-state index in [1.807, 2.05) is 47.4 Å². The molecule has 5 heteroatoms. The second-order valence-electron chi connectivity index (χ2n) is 6.02. The lowest BCUT2D eigenvalue weighted by Crippen LogP contribution is -2.47. The Labute approximate surface area is 142 Å². The van der Waals surface area contributed by atoms with Gasteiger partial charge in [-0.3, -0.25) is 9.78 Å². The number of ether oxygens (including phenoxy) is 1. The van der Waals surface area contributed by atoms with E-state index in [0.717, 1.165) is 37.3 Å². The van der Waals surface area contributed by atoms with Crippen molar-refractivity contribution in [3.05, 3.63) is 59.9 Å². The molecule has 1 aliphatic rings. The Kier molecular flexibility index (Phi) is 5.43. The minimum Gasteiger partial charge on any atom is -0.487 e. The van der Waals surface area contributed by atoms with Crippen molar-refractivity contribution in [2.24, 2.45) is 5.73 Å². The average Bonchev–Trinajstić information content (AvgIpc) is 2.67. The molecule has 3 rings (SSSR count). The summed E-state index contributed by atoms with van der Waals surface area (Å²) in [5.74, 6) is 0.785. The van der Waals surface area contributed by atoms with Crippen LogP contribution in [0.15, 0.2) is 48.7 Å². The molecule has 1 aromatic carbocycles. The normalized spacial score (nSPS) is 17.5. The number of rotatable bonds is 5. The Hall–Kier alpha value is -2.40. The molecule has 1 atom stereocenters. The molecule has 0 radical (unpaired) electrons. The molecule has 0 bridgehead atoms. The molecule has 0 saturated carbocycles. The quantitative estimate of drug-likeness (QED) is 0.917. The lowest BCUT2D eigenvalue weighted by atomic mass is 10.0. The average molecular weight is 325 g/mol. The van der Waals surface area contributed by atoms with Crippen molar-refractivity contribution in [2.45, 2.75) is 31.9 Å². The lowest BCUT2D eigenvalue weighted by molar-refractivity contribution is 0.0623. The van der Waals surface area contributed by atoms with E-state index in [0.29, 0.717) is 18.7 Å². The highest BCUT2D eigenvalue weighted by molar-refractivity contribution is 5.94. The van der Waals surface area contributed by atoms with Gasteiger partial charge in [0.25, 0.3) is 5.91 Å². The predicted molar refractivity (Wildman–Crippen MR) is 92.7 cm³/mol. The summed E-state index contributed by atoms with van der Waals surface area (Å²) >= 11 is 0. The number of piperidine rings is 1. The Morgan fingerprint density at radius 3 is 2.75 bits per heavy atom. The van der Waals surface area contributed by atoms with Gasteiger partial charge in [0, 0.05) is 30.9 Å². The van der Waals surface area contributed by atoms with Crippen molar-refractivity contribution in [1.82, 2.24) is 9.88 Å². The molecule has 1 fully saturated rings. The fourth-order valence-corrected chi connectivity index (χ4v) is 3.01. The van der Waals surface area contributed by atoms with E-state index >= 15 is 0 Å². The number of nitrogens with two attached hydrogens (primary N) is 1. The van der Waals surface area contributed by atoms with E-state index in [-0.39, 0.29) is 11.9 Å². The molecule has 2 N–H and O–H groups in total. The highest BCUT2D eigenvalue weighted by Crippen LogP contribution is 2.20. The van der Waals surface area contributed by atoms with Crippen LogP contribution in [0.1, 0.15) is 35.3 Å². The largest absolute Gasteiger partial charge is 0.487 e. The van der Waals surface area contributed by atoms with Crippen LogP contribution < -0.4 is 10.5 Å². The number of hydrogen-bond donors (Lipinski definition) is 1. The summed E-state index contributed by atoms with van der Waals surface area (Å²) in [6.45, 7) is 1.73. The van der Waals surface area contributed by atoms with Gasteiger partial charge in [0.1, 0.15) is 12.4 Å². The van der Waals surface area contributed by atoms with Gasteiger partial charge < -0.3 is 15.4 Å². The van der Waals surface area contributed by atoms with Gasteiger partial charge in [-0.2, -0.15) is 0 Å². The van der Waals surface area contributed by atoms with Gasteiger partial charge in [0.05, 0.1) is 5.69 Å². The third-order valence-electron chi connectivity index (χ3n) is 4.37. The third-order valence-corrected chi connectivity index (χ3v) is 4.37. The van der Waals surface area contributed by atoms with E-state index in [4.69, 9.17) is 10.5 Å².